The van der Waals surface area contributed by atoms with Crippen molar-refractivity contribution in [3.63, 3.8) is 0 Å². The highest BCUT2D eigenvalue weighted by molar-refractivity contribution is 9.10. The molecule has 0 bridgehead atoms. The maximum atomic E-state index is 13.8. The van der Waals surface area contributed by atoms with Crippen LogP contribution in [-0.4, -0.2) is 29.5 Å². The van der Waals surface area contributed by atoms with E-state index in [-0.39, 0.29) is 18.3 Å². The van der Waals surface area contributed by atoms with Gasteiger partial charge in [0.15, 0.2) is 11.6 Å². The number of phenols is 1. The van der Waals surface area contributed by atoms with Gasteiger partial charge < -0.3 is 14.6 Å². The lowest BCUT2D eigenvalue weighted by Gasteiger charge is -2.25. The van der Waals surface area contributed by atoms with E-state index < -0.39 is 29.7 Å². The molecule has 0 aliphatic rings. The van der Waals surface area contributed by atoms with Crippen LogP contribution < -0.4 is 5.32 Å². The summed E-state index contributed by atoms with van der Waals surface area (Å²) < 4.78 is 25.3. The minimum Gasteiger partial charge on any atom is -0.505 e. The van der Waals surface area contributed by atoms with E-state index in [2.05, 4.69) is 33.9 Å². The molecule has 29 heavy (non-hydrogen) atoms. The number of thiol groups is 1. The fourth-order valence-corrected chi connectivity index (χ4v) is 2.92. The molecule has 0 unspecified atom stereocenters. The van der Waals surface area contributed by atoms with Crippen LogP contribution >= 0.6 is 28.6 Å². The van der Waals surface area contributed by atoms with Crippen LogP contribution in [0.5, 0.6) is 5.75 Å². The number of hydrogen-bond donors (Lipinski definition) is 3. The summed E-state index contributed by atoms with van der Waals surface area (Å²) in [5, 5.41) is 12.0. The fraction of sp³-hybridized carbons (Fsp3) is 0.300. The molecule has 156 valence electrons. The van der Waals surface area contributed by atoms with Crippen LogP contribution in [0.4, 0.5) is 14.9 Å². The normalized spacial score (nSPS) is 12.7. The number of phenolic OH excluding ortho intramolecular Hbond substituents is 1. The molecule has 0 aromatic heterocycles. The molecular weight excluding hydrogens is 465 g/mol. The lowest BCUT2D eigenvalue weighted by atomic mass is 9.94. The van der Waals surface area contributed by atoms with Crippen molar-refractivity contribution in [2.45, 2.75) is 19.4 Å². The van der Waals surface area contributed by atoms with Gasteiger partial charge in [-0.2, -0.15) is 12.6 Å². The van der Waals surface area contributed by atoms with Gasteiger partial charge in [0.05, 0.1) is 12.4 Å². The summed E-state index contributed by atoms with van der Waals surface area (Å²) in [5.41, 5.74) is 0.906. The Morgan fingerprint density at radius 1 is 1.24 bits per heavy atom. The van der Waals surface area contributed by atoms with Crippen molar-refractivity contribution in [1.29, 1.82) is 0 Å². The van der Waals surface area contributed by atoms with E-state index in [1.54, 1.807) is 31.2 Å². The maximum Gasteiger partial charge on any atom is 0.412 e. The van der Waals surface area contributed by atoms with Crippen LogP contribution in [0.1, 0.15) is 25.0 Å². The number of ether oxygens (including phenoxy) is 2. The van der Waals surface area contributed by atoms with Crippen molar-refractivity contribution < 1.29 is 28.6 Å². The Morgan fingerprint density at radius 2 is 1.93 bits per heavy atom. The molecule has 0 saturated carbocycles. The summed E-state index contributed by atoms with van der Waals surface area (Å²) in [7, 11) is 0. The minimum atomic E-state index is -0.824. The SMILES string of the molecule is C[C@@H](CCOC(=O)CS)[C@@H](OC(=O)Nc1ccc(Br)cc1)c1ccc(O)c(F)c1. The third kappa shape index (κ3) is 7.25. The average molecular weight is 486 g/mol. The zero-order valence-electron chi connectivity index (χ0n) is 15.6. The summed E-state index contributed by atoms with van der Waals surface area (Å²) >= 11 is 7.15. The van der Waals surface area contributed by atoms with Crippen LogP contribution in [0, 0.1) is 11.7 Å². The summed E-state index contributed by atoms with van der Waals surface area (Å²) in [6, 6.07) is 10.7. The Kier molecular flexibility index (Phi) is 8.78. The second kappa shape index (κ2) is 11.1. The topological polar surface area (TPSA) is 84.9 Å². The standard InChI is InChI=1S/C20H21BrFNO5S/c1-12(8-9-27-18(25)11-29)19(13-2-7-17(24)16(22)10-13)28-20(26)23-15-5-3-14(21)4-6-15/h2-7,10,12,19,24,29H,8-9,11H2,1H3,(H,23,26)/t12-,19+/m0/s1. The molecule has 6 nitrogen and oxygen atoms in total. The predicted octanol–water partition coefficient (Wildman–Crippen LogP) is 5.08. The van der Waals surface area contributed by atoms with E-state index in [4.69, 9.17) is 9.47 Å². The van der Waals surface area contributed by atoms with Gasteiger partial charge in [-0.25, -0.2) is 9.18 Å². The Labute approximate surface area is 181 Å². The van der Waals surface area contributed by atoms with Gasteiger partial charge in [0.1, 0.15) is 6.10 Å². The van der Waals surface area contributed by atoms with Gasteiger partial charge in [-0.1, -0.05) is 28.9 Å². The number of esters is 1. The third-order valence-corrected chi connectivity index (χ3v) is 4.89. The van der Waals surface area contributed by atoms with Crippen molar-refractivity contribution in [3.05, 3.63) is 58.3 Å². The van der Waals surface area contributed by atoms with E-state index in [9.17, 15) is 19.1 Å². The van der Waals surface area contributed by atoms with Gasteiger partial charge in [-0.3, -0.25) is 10.1 Å². The largest absolute Gasteiger partial charge is 0.505 e. The van der Waals surface area contributed by atoms with Gasteiger partial charge in [-0.15, -0.1) is 0 Å². The smallest absolute Gasteiger partial charge is 0.412 e. The number of halogens is 2. The molecule has 0 saturated heterocycles. The molecule has 0 aliphatic carbocycles. The van der Waals surface area contributed by atoms with Crippen molar-refractivity contribution in [2.75, 3.05) is 17.7 Å². The molecule has 2 N–H and O–H groups in total. The highest BCUT2D eigenvalue weighted by Crippen LogP contribution is 2.31. The van der Waals surface area contributed by atoms with Crippen LogP contribution in [-0.2, 0) is 14.3 Å². The summed E-state index contributed by atoms with van der Waals surface area (Å²) in [6.45, 7) is 1.90. The van der Waals surface area contributed by atoms with Gasteiger partial charge in [-0.05, 0) is 48.4 Å². The highest BCUT2D eigenvalue weighted by Gasteiger charge is 2.25. The van der Waals surface area contributed by atoms with Gasteiger partial charge in [0, 0.05) is 16.1 Å². The lowest BCUT2D eigenvalue weighted by Crippen LogP contribution is -2.23. The molecule has 2 rings (SSSR count). The first-order valence-electron chi connectivity index (χ1n) is 8.78. The van der Waals surface area contributed by atoms with E-state index in [0.717, 1.165) is 10.5 Å². The number of benzene rings is 2. The molecule has 2 aromatic rings. The quantitative estimate of drug-likeness (QED) is 0.358. The van der Waals surface area contributed by atoms with E-state index in [0.29, 0.717) is 17.7 Å². The Hall–Kier alpha value is -2.26. The number of nitrogens with one attached hydrogen (secondary N) is 1. The molecule has 0 spiro atoms. The third-order valence-electron chi connectivity index (χ3n) is 4.11. The van der Waals surface area contributed by atoms with Crippen LogP contribution in [0.3, 0.4) is 0 Å². The Balaban J connectivity index is 2.12. The number of carbonyl (C=O) groups excluding carboxylic acids is 2. The first-order valence-corrected chi connectivity index (χ1v) is 10.2. The van der Waals surface area contributed by atoms with E-state index >= 15 is 0 Å². The molecule has 0 fully saturated rings. The number of carbonyl (C=O) groups is 2. The Bertz CT molecular complexity index is 849. The van der Waals surface area contributed by atoms with Gasteiger partial charge >= 0.3 is 12.1 Å². The lowest BCUT2D eigenvalue weighted by molar-refractivity contribution is -0.141. The van der Waals surface area contributed by atoms with Crippen molar-refractivity contribution in [3.8, 4) is 5.75 Å². The average Bonchev–Trinajstić information content (AvgIpc) is 2.69. The van der Waals surface area contributed by atoms with Gasteiger partial charge in [0.2, 0.25) is 0 Å². The summed E-state index contributed by atoms with van der Waals surface area (Å²) in [5.74, 6) is -2.11. The predicted molar refractivity (Wildman–Crippen MR) is 114 cm³/mol. The van der Waals surface area contributed by atoms with E-state index in [1.807, 2.05) is 0 Å². The first kappa shape index (κ1) is 23.0. The number of rotatable bonds is 8. The van der Waals surface area contributed by atoms with Crippen LogP contribution in [0.25, 0.3) is 0 Å². The van der Waals surface area contributed by atoms with Crippen LogP contribution in [0.2, 0.25) is 0 Å². The number of hydrogen-bond acceptors (Lipinski definition) is 6. The summed E-state index contributed by atoms with van der Waals surface area (Å²) in [6.07, 6.45) is -1.17. The number of aromatic hydroxyl groups is 1. The molecule has 0 radical (unpaired) electrons. The molecular formula is C20H21BrFNO5S. The van der Waals surface area contributed by atoms with Crippen LogP contribution in [0.15, 0.2) is 46.9 Å². The molecule has 0 aliphatic heterocycles. The van der Waals surface area contributed by atoms with Crippen molar-refractivity contribution >= 4 is 46.3 Å². The summed E-state index contributed by atoms with van der Waals surface area (Å²) in [4.78, 5) is 23.6. The molecule has 9 heteroatoms. The fourth-order valence-electron chi connectivity index (χ4n) is 2.56. The molecule has 0 heterocycles. The van der Waals surface area contributed by atoms with Crippen molar-refractivity contribution in [2.24, 2.45) is 5.92 Å². The molecule has 2 atom stereocenters. The first-order chi connectivity index (χ1) is 13.8. The van der Waals surface area contributed by atoms with E-state index in [1.165, 1.54) is 12.1 Å². The zero-order valence-corrected chi connectivity index (χ0v) is 18.1. The molecule has 1 amide bonds. The monoisotopic (exact) mass is 485 g/mol. The number of amides is 1. The molecule has 2 aromatic carbocycles. The van der Waals surface area contributed by atoms with Gasteiger partial charge in [0.25, 0.3) is 0 Å². The van der Waals surface area contributed by atoms with Crippen molar-refractivity contribution in [1.82, 2.24) is 0 Å². The highest BCUT2D eigenvalue weighted by atomic mass is 79.9. The minimum absolute atomic E-state index is 0.0346. The second-order valence-electron chi connectivity index (χ2n) is 6.31. The second-order valence-corrected chi connectivity index (χ2v) is 7.55. The zero-order chi connectivity index (χ0) is 21.4. The number of anilines is 1. The maximum absolute atomic E-state index is 13.8. The Morgan fingerprint density at radius 3 is 2.55 bits per heavy atom.